The molecule has 3 saturated heterocycles. The molecule has 5 fully saturated rings. The van der Waals surface area contributed by atoms with Gasteiger partial charge in [-0.1, -0.05) is 18.6 Å². The molecule has 8 atom stereocenters. The van der Waals surface area contributed by atoms with Gasteiger partial charge in [-0.15, -0.1) is 0 Å². The second-order valence-electron chi connectivity index (χ2n) is 10.2. The summed E-state index contributed by atoms with van der Waals surface area (Å²) in [6.45, 7) is 6.10. The summed E-state index contributed by atoms with van der Waals surface area (Å²) in [5.41, 5.74) is 1.72. The van der Waals surface area contributed by atoms with Crippen LogP contribution in [0.25, 0.3) is 0 Å². The fraction of sp³-hybridized carbons (Fsp3) is 0.864. The van der Waals surface area contributed by atoms with Gasteiger partial charge in [-0.3, -0.25) is 9.69 Å². The van der Waals surface area contributed by atoms with Crippen molar-refractivity contribution in [2.45, 2.75) is 82.9 Å². The Morgan fingerprint density at radius 3 is 2.96 bits per heavy atom. The summed E-state index contributed by atoms with van der Waals surface area (Å²) >= 11 is 0. The lowest BCUT2D eigenvalue weighted by atomic mass is 9.52. The Hall–Kier alpha value is -0.830. The van der Waals surface area contributed by atoms with Crippen molar-refractivity contribution < 1.29 is 9.53 Å². The van der Waals surface area contributed by atoms with Crippen molar-refractivity contribution in [1.82, 2.24) is 4.90 Å². The third-order valence-electron chi connectivity index (χ3n) is 9.55. The van der Waals surface area contributed by atoms with E-state index < -0.39 is 0 Å². The first-order chi connectivity index (χ1) is 12.1. The molecule has 6 rings (SSSR count). The first-order valence-electron chi connectivity index (χ1n) is 10.7. The SMILES string of the molecule is C[C@@H]1CN2[C@H]3[C@@H]1CC[C@]31CCC(=O)O[C@@]1(C)[C@H]1CC[C@@H]3CCC=C3[C@@H]12. The Kier molecular flexibility index (Phi) is 2.87. The van der Waals surface area contributed by atoms with Crippen molar-refractivity contribution in [1.29, 1.82) is 0 Å². The minimum atomic E-state index is -0.235. The number of allylic oxidation sites excluding steroid dienone is 1. The molecule has 0 aromatic carbocycles. The van der Waals surface area contributed by atoms with E-state index in [4.69, 9.17) is 4.74 Å². The third kappa shape index (κ3) is 1.62. The quantitative estimate of drug-likeness (QED) is 0.494. The van der Waals surface area contributed by atoms with Crippen molar-refractivity contribution >= 4 is 5.97 Å². The summed E-state index contributed by atoms with van der Waals surface area (Å²) in [4.78, 5) is 15.3. The van der Waals surface area contributed by atoms with Gasteiger partial charge in [0.1, 0.15) is 5.60 Å². The van der Waals surface area contributed by atoms with Gasteiger partial charge in [0.05, 0.1) is 0 Å². The first-order valence-corrected chi connectivity index (χ1v) is 10.7. The van der Waals surface area contributed by atoms with Crippen LogP contribution in [0.4, 0.5) is 0 Å². The van der Waals surface area contributed by atoms with Crippen LogP contribution in [0.15, 0.2) is 11.6 Å². The third-order valence-corrected chi connectivity index (χ3v) is 9.55. The van der Waals surface area contributed by atoms with Crippen LogP contribution in [0.5, 0.6) is 0 Å². The molecular formula is C22H31NO2. The Balaban J connectivity index is 1.54. The number of nitrogens with zero attached hydrogens (tertiary/aromatic N) is 1. The van der Waals surface area contributed by atoms with Gasteiger partial charge in [-0.25, -0.2) is 0 Å². The van der Waals surface area contributed by atoms with Crippen molar-refractivity contribution in [2.24, 2.45) is 29.1 Å². The highest BCUT2D eigenvalue weighted by Gasteiger charge is 2.73. The number of piperidine rings is 1. The molecule has 0 N–H and O–H groups in total. The van der Waals surface area contributed by atoms with Gasteiger partial charge < -0.3 is 4.74 Å². The fourth-order valence-corrected chi connectivity index (χ4v) is 8.62. The number of hydrogen-bond acceptors (Lipinski definition) is 3. The molecular weight excluding hydrogens is 310 g/mol. The molecule has 6 aliphatic rings. The molecule has 3 heteroatoms. The van der Waals surface area contributed by atoms with Gasteiger partial charge in [0.2, 0.25) is 0 Å². The standard InChI is InChI=1S/C22H31NO2/c1-13-12-23-19-16-5-3-4-14(16)6-7-17(19)21(2)22(11-9-18(24)25-21)10-8-15(13)20(22)23/h5,13-15,17,19-20H,3-4,6-12H2,1-2H3/t13-,14+,15-,17+,19+,20+,21+,22+/m1/s1. The van der Waals surface area contributed by atoms with E-state index in [1.807, 2.05) is 0 Å². The molecule has 25 heavy (non-hydrogen) atoms. The largest absolute Gasteiger partial charge is 0.458 e. The first kappa shape index (κ1) is 15.2. The number of carbonyl (C=O) groups is 1. The maximum atomic E-state index is 12.4. The van der Waals surface area contributed by atoms with E-state index in [-0.39, 0.29) is 17.0 Å². The van der Waals surface area contributed by atoms with Gasteiger partial charge in [0, 0.05) is 36.4 Å². The van der Waals surface area contributed by atoms with Crippen molar-refractivity contribution in [3.8, 4) is 0 Å². The summed E-state index contributed by atoms with van der Waals surface area (Å²) in [6, 6.07) is 1.21. The number of carbonyl (C=O) groups excluding carboxylic acids is 1. The van der Waals surface area contributed by atoms with Crippen LogP contribution in [0.1, 0.15) is 65.2 Å². The van der Waals surface area contributed by atoms with E-state index in [0.29, 0.717) is 24.4 Å². The molecule has 3 aliphatic carbocycles. The molecule has 0 amide bonds. The van der Waals surface area contributed by atoms with E-state index in [2.05, 4.69) is 24.8 Å². The Bertz CT molecular complexity index is 671. The van der Waals surface area contributed by atoms with Crippen LogP contribution in [-0.2, 0) is 9.53 Å². The molecule has 0 aromatic rings. The van der Waals surface area contributed by atoms with E-state index in [9.17, 15) is 4.79 Å². The topological polar surface area (TPSA) is 29.5 Å². The second-order valence-corrected chi connectivity index (χ2v) is 10.2. The van der Waals surface area contributed by atoms with E-state index in [1.165, 1.54) is 45.1 Å². The maximum Gasteiger partial charge on any atom is 0.306 e. The zero-order chi connectivity index (χ0) is 17.0. The van der Waals surface area contributed by atoms with E-state index in [0.717, 1.165) is 24.2 Å². The molecule has 0 bridgehead atoms. The molecule has 2 saturated carbocycles. The monoisotopic (exact) mass is 341 g/mol. The van der Waals surface area contributed by atoms with Crippen LogP contribution in [0.2, 0.25) is 0 Å². The van der Waals surface area contributed by atoms with Gasteiger partial charge in [0.25, 0.3) is 0 Å². The summed E-state index contributed by atoms with van der Waals surface area (Å²) < 4.78 is 6.37. The minimum absolute atomic E-state index is 0.0670. The highest BCUT2D eigenvalue weighted by atomic mass is 16.6. The molecule has 3 aliphatic heterocycles. The van der Waals surface area contributed by atoms with Crippen LogP contribution < -0.4 is 0 Å². The molecule has 0 radical (unpaired) electrons. The van der Waals surface area contributed by atoms with Crippen molar-refractivity contribution in [2.75, 3.05) is 6.54 Å². The van der Waals surface area contributed by atoms with E-state index in [1.54, 1.807) is 5.57 Å². The molecule has 1 spiro atoms. The van der Waals surface area contributed by atoms with E-state index >= 15 is 0 Å². The lowest BCUT2D eigenvalue weighted by Crippen LogP contribution is -2.73. The van der Waals surface area contributed by atoms with Gasteiger partial charge >= 0.3 is 5.97 Å². The van der Waals surface area contributed by atoms with Crippen LogP contribution >= 0.6 is 0 Å². The second kappa shape index (κ2) is 4.71. The average Bonchev–Trinajstić information content (AvgIpc) is 3.27. The lowest BCUT2D eigenvalue weighted by molar-refractivity contribution is -0.242. The number of ether oxygens (including phenoxy) is 1. The van der Waals surface area contributed by atoms with Crippen molar-refractivity contribution in [3.05, 3.63) is 11.6 Å². The molecule has 3 nitrogen and oxygen atoms in total. The number of fused-ring (bicyclic) bond motifs is 5. The molecule has 136 valence electrons. The Morgan fingerprint density at radius 1 is 1.20 bits per heavy atom. The Morgan fingerprint density at radius 2 is 2.08 bits per heavy atom. The van der Waals surface area contributed by atoms with Gasteiger partial charge in [0.15, 0.2) is 0 Å². The number of rotatable bonds is 0. The number of hydrogen-bond donors (Lipinski definition) is 0. The zero-order valence-electron chi connectivity index (χ0n) is 15.7. The highest BCUT2D eigenvalue weighted by molar-refractivity contribution is 5.71. The smallest absolute Gasteiger partial charge is 0.306 e. The summed E-state index contributed by atoms with van der Waals surface area (Å²) in [5.74, 6) is 3.01. The zero-order valence-corrected chi connectivity index (χ0v) is 15.7. The minimum Gasteiger partial charge on any atom is -0.458 e. The predicted octanol–water partition coefficient (Wildman–Crippen LogP) is 3.93. The molecule has 0 unspecified atom stereocenters. The van der Waals surface area contributed by atoms with Crippen molar-refractivity contribution in [3.63, 3.8) is 0 Å². The summed E-state index contributed by atoms with van der Waals surface area (Å²) in [5, 5.41) is 0. The predicted molar refractivity (Wildman–Crippen MR) is 95.9 cm³/mol. The fourth-order valence-electron chi connectivity index (χ4n) is 8.62. The highest BCUT2D eigenvalue weighted by Crippen LogP contribution is 2.69. The normalized spacial score (nSPS) is 56.6. The van der Waals surface area contributed by atoms with Crippen LogP contribution in [0, 0.1) is 29.1 Å². The van der Waals surface area contributed by atoms with Gasteiger partial charge in [-0.2, -0.15) is 0 Å². The molecule has 3 heterocycles. The average molecular weight is 341 g/mol. The van der Waals surface area contributed by atoms with Crippen LogP contribution in [-0.4, -0.2) is 35.1 Å². The Labute approximate surface area is 151 Å². The summed E-state index contributed by atoms with van der Waals surface area (Å²) in [6.07, 6.45) is 12.1. The summed E-state index contributed by atoms with van der Waals surface area (Å²) in [7, 11) is 0. The lowest BCUT2D eigenvalue weighted by Gasteiger charge is -2.65. The van der Waals surface area contributed by atoms with Gasteiger partial charge in [-0.05, 0) is 69.6 Å². The maximum absolute atomic E-state index is 12.4. The van der Waals surface area contributed by atoms with Crippen LogP contribution in [0.3, 0.4) is 0 Å². The molecule has 0 aromatic heterocycles. The number of esters is 1.